The summed E-state index contributed by atoms with van der Waals surface area (Å²) >= 11 is 5.84. The number of hydrogen-bond donors (Lipinski definition) is 2. The van der Waals surface area contributed by atoms with Crippen LogP contribution in [0.5, 0.6) is 0 Å². The van der Waals surface area contributed by atoms with Crippen LogP contribution < -0.4 is 5.32 Å². The monoisotopic (exact) mass is 313 g/mol. The van der Waals surface area contributed by atoms with Gasteiger partial charge in [-0.2, -0.15) is 0 Å². The van der Waals surface area contributed by atoms with Crippen LogP contribution in [0.4, 0.5) is 4.39 Å². The predicted molar refractivity (Wildman–Crippen MR) is 76.9 cm³/mol. The highest BCUT2D eigenvalue weighted by atomic mass is 35.5. The lowest BCUT2D eigenvalue weighted by Gasteiger charge is -2.36. The lowest BCUT2D eigenvalue weighted by Crippen LogP contribution is -2.56. The van der Waals surface area contributed by atoms with Crippen molar-refractivity contribution in [3.63, 3.8) is 0 Å². The Morgan fingerprint density at radius 3 is 2.52 bits per heavy atom. The van der Waals surface area contributed by atoms with Crippen LogP contribution in [0.1, 0.15) is 43.0 Å². The summed E-state index contributed by atoms with van der Waals surface area (Å²) < 4.78 is 13.0. The molecular weight excluding hydrogens is 297 g/mol. The summed E-state index contributed by atoms with van der Waals surface area (Å²) in [7, 11) is 0. The first-order valence-corrected chi connectivity index (χ1v) is 7.23. The molecule has 0 bridgehead atoms. The van der Waals surface area contributed by atoms with Crippen molar-refractivity contribution >= 4 is 23.5 Å². The highest BCUT2D eigenvalue weighted by Gasteiger charge is 2.42. The first-order valence-electron chi connectivity index (χ1n) is 6.85. The summed E-state index contributed by atoms with van der Waals surface area (Å²) in [5, 5.41) is 12.0. The lowest BCUT2D eigenvalue weighted by atomic mass is 9.77. The van der Waals surface area contributed by atoms with E-state index in [4.69, 9.17) is 11.6 Å². The third-order valence-electron chi connectivity index (χ3n) is 4.07. The van der Waals surface area contributed by atoms with Crippen LogP contribution in [0.15, 0.2) is 18.2 Å². The van der Waals surface area contributed by atoms with E-state index in [9.17, 15) is 19.1 Å². The molecule has 0 heterocycles. The fourth-order valence-corrected chi connectivity index (χ4v) is 2.86. The number of halogens is 2. The van der Waals surface area contributed by atoms with Gasteiger partial charge in [0.2, 0.25) is 0 Å². The van der Waals surface area contributed by atoms with E-state index >= 15 is 0 Å². The Balaban J connectivity index is 2.21. The summed E-state index contributed by atoms with van der Waals surface area (Å²) in [5.41, 5.74) is -1.18. The van der Waals surface area contributed by atoms with Gasteiger partial charge in [-0.05, 0) is 49.8 Å². The Labute approximate surface area is 127 Å². The van der Waals surface area contributed by atoms with Gasteiger partial charge in [0.15, 0.2) is 0 Å². The zero-order chi connectivity index (χ0) is 15.6. The van der Waals surface area contributed by atoms with Gasteiger partial charge >= 0.3 is 5.97 Å². The van der Waals surface area contributed by atoms with Gasteiger partial charge in [0.05, 0.1) is 10.6 Å². The minimum Gasteiger partial charge on any atom is -0.480 e. The number of carboxylic acid groups (broad SMARTS) is 1. The van der Waals surface area contributed by atoms with Crippen molar-refractivity contribution in [2.75, 3.05) is 0 Å². The first-order chi connectivity index (χ1) is 9.84. The molecule has 114 valence electrons. The van der Waals surface area contributed by atoms with E-state index < -0.39 is 23.2 Å². The van der Waals surface area contributed by atoms with E-state index in [2.05, 4.69) is 12.2 Å². The van der Waals surface area contributed by atoms with E-state index in [1.807, 2.05) is 0 Å². The average molecular weight is 314 g/mol. The number of aliphatic carboxylic acids is 1. The molecular formula is C15H17ClFNO3. The van der Waals surface area contributed by atoms with Gasteiger partial charge < -0.3 is 10.4 Å². The largest absolute Gasteiger partial charge is 0.480 e. The van der Waals surface area contributed by atoms with Crippen LogP contribution in [0.25, 0.3) is 0 Å². The SMILES string of the molecule is CC1CCC(NC(=O)c2ccc(F)cc2Cl)(C(=O)O)CC1. The molecule has 0 atom stereocenters. The minimum atomic E-state index is -1.26. The zero-order valence-corrected chi connectivity index (χ0v) is 12.4. The molecule has 1 fully saturated rings. The Kier molecular flexibility index (Phi) is 4.52. The van der Waals surface area contributed by atoms with Crippen molar-refractivity contribution < 1.29 is 19.1 Å². The summed E-state index contributed by atoms with van der Waals surface area (Å²) in [6, 6.07) is 3.41. The molecule has 2 N–H and O–H groups in total. The number of rotatable bonds is 3. The van der Waals surface area contributed by atoms with E-state index in [1.54, 1.807) is 0 Å². The van der Waals surface area contributed by atoms with Crippen LogP contribution in [0, 0.1) is 11.7 Å². The van der Waals surface area contributed by atoms with Gasteiger partial charge in [-0.1, -0.05) is 18.5 Å². The number of amides is 1. The molecule has 1 aromatic rings. The number of carbonyl (C=O) groups excluding carboxylic acids is 1. The standard InChI is InChI=1S/C15H17ClFNO3/c1-9-4-6-15(7-5-9,14(20)21)18-13(19)11-3-2-10(17)8-12(11)16/h2-3,8-9H,4-7H2,1H3,(H,18,19)(H,20,21). The highest BCUT2D eigenvalue weighted by Crippen LogP contribution is 2.32. The van der Waals surface area contributed by atoms with Crippen LogP contribution >= 0.6 is 11.6 Å². The Bertz CT molecular complexity index is 568. The quantitative estimate of drug-likeness (QED) is 0.900. The molecule has 21 heavy (non-hydrogen) atoms. The van der Waals surface area contributed by atoms with E-state index in [1.165, 1.54) is 6.07 Å². The molecule has 2 rings (SSSR count). The highest BCUT2D eigenvalue weighted by molar-refractivity contribution is 6.33. The van der Waals surface area contributed by atoms with E-state index in [0.29, 0.717) is 18.8 Å². The van der Waals surface area contributed by atoms with Crippen molar-refractivity contribution in [2.45, 2.75) is 38.1 Å². The molecule has 1 aromatic carbocycles. The van der Waals surface area contributed by atoms with Crippen molar-refractivity contribution in [3.8, 4) is 0 Å². The zero-order valence-electron chi connectivity index (χ0n) is 11.7. The molecule has 0 aromatic heterocycles. The molecule has 4 nitrogen and oxygen atoms in total. The second-order valence-corrected chi connectivity index (χ2v) is 6.06. The number of benzene rings is 1. The third-order valence-corrected chi connectivity index (χ3v) is 4.38. The normalized spacial score (nSPS) is 25.4. The van der Waals surface area contributed by atoms with Crippen molar-refractivity contribution in [3.05, 3.63) is 34.6 Å². The van der Waals surface area contributed by atoms with Gasteiger partial charge in [-0.15, -0.1) is 0 Å². The van der Waals surface area contributed by atoms with Gasteiger partial charge in [-0.25, -0.2) is 9.18 Å². The Morgan fingerprint density at radius 1 is 1.38 bits per heavy atom. The molecule has 0 spiro atoms. The van der Waals surface area contributed by atoms with Crippen molar-refractivity contribution in [2.24, 2.45) is 5.92 Å². The van der Waals surface area contributed by atoms with E-state index in [-0.39, 0.29) is 10.6 Å². The fourth-order valence-electron chi connectivity index (χ4n) is 2.61. The van der Waals surface area contributed by atoms with E-state index in [0.717, 1.165) is 25.0 Å². The molecule has 0 aliphatic heterocycles. The molecule has 1 saturated carbocycles. The number of nitrogens with one attached hydrogen (secondary N) is 1. The van der Waals surface area contributed by atoms with Crippen LogP contribution in [-0.2, 0) is 4.79 Å². The molecule has 1 aliphatic rings. The predicted octanol–water partition coefficient (Wildman–Crippen LogP) is 3.24. The molecule has 6 heteroatoms. The van der Waals surface area contributed by atoms with Crippen LogP contribution in [0.3, 0.4) is 0 Å². The number of carbonyl (C=O) groups is 2. The molecule has 0 radical (unpaired) electrons. The van der Waals surface area contributed by atoms with Crippen LogP contribution in [0.2, 0.25) is 5.02 Å². The fraction of sp³-hybridized carbons (Fsp3) is 0.467. The average Bonchev–Trinajstić information content (AvgIpc) is 2.41. The summed E-state index contributed by atoms with van der Waals surface area (Å²) in [6.07, 6.45) is 2.25. The molecule has 1 amide bonds. The van der Waals surface area contributed by atoms with Crippen molar-refractivity contribution in [1.82, 2.24) is 5.32 Å². The molecule has 1 aliphatic carbocycles. The smallest absolute Gasteiger partial charge is 0.329 e. The Morgan fingerprint density at radius 2 is 2.00 bits per heavy atom. The number of carboxylic acids is 1. The summed E-state index contributed by atoms with van der Waals surface area (Å²) in [4.78, 5) is 23.8. The van der Waals surface area contributed by atoms with Gasteiger partial charge in [-0.3, -0.25) is 4.79 Å². The molecule has 0 unspecified atom stereocenters. The molecule has 0 saturated heterocycles. The maximum atomic E-state index is 13.0. The first kappa shape index (κ1) is 15.8. The Hall–Kier alpha value is -1.62. The second-order valence-electron chi connectivity index (χ2n) is 5.65. The second kappa shape index (κ2) is 6.02. The number of hydrogen-bond acceptors (Lipinski definition) is 2. The maximum Gasteiger partial charge on any atom is 0.329 e. The topological polar surface area (TPSA) is 66.4 Å². The lowest BCUT2D eigenvalue weighted by molar-refractivity contribution is -0.146. The minimum absolute atomic E-state index is 0.0304. The summed E-state index contributed by atoms with van der Waals surface area (Å²) in [5.74, 6) is -1.72. The van der Waals surface area contributed by atoms with Gasteiger partial charge in [0, 0.05) is 0 Å². The van der Waals surface area contributed by atoms with Gasteiger partial charge in [0.25, 0.3) is 5.91 Å². The maximum absolute atomic E-state index is 13.0. The van der Waals surface area contributed by atoms with Crippen LogP contribution in [-0.4, -0.2) is 22.5 Å². The third kappa shape index (κ3) is 3.35. The van der Waals surface area contributed by atoms with Crippen molar-refractivity contribution in [1.29, 1.82) is 0 Å². The summed E-state index contributed by atoms with van der Waals surface area (Å²) in [6.45, 7) is 2.06. The van der Waals surface area contributed by atoms with Gasteiger partial charge in [0.1, 0.15) is 11.4 Å².